The van der Waals surface area contributed by atoms with Crippen LogP contribution in [0.4, 0.5) is 5.82 Å². The molecule has 0 amide bonds. The van der Waals surface area contributed by atoms with Gasteiger partial charge >= 0.3 is 0 Å². The van der Waals surface area contributed by atoms with E-state index in [9.17, 15) is 0 Å². The average molecular weight is 217 g/mol. The smallest absolute Gasteiger partial charge is 0.146 e. The van der Waals surface area contributed by atoms with Gasteiger partial charge in [-0.15, -0.1) is 0 Å². The minimum Gasteiger partial charge on any atom is -0.370 e. The van der Waals surface area contributed by atoms with Crippen molar-refractivity contribution in [1.29, 1.82) is 0 Å². The van der Waals surface area contributed by atoms with Crippen molar-refractivity contribution in [2.45, 2.75) is 20.3 Å². The predicted molar refractivity (Wildman–Crippen MR) is 62.7 cm³/mol. The Morgan fingerprint density at radius 2 is 2.19 bits per heavy atom. The van der Waals surface area contributed by atoms with Gasteiger partial charge < -0.3 is 5.32 Å². The summed E-state index contributed by atoms with van der Waals surface area (Å²) in [4.78, 5) is 12.6. The standard InChI is InChI=1S/C11H15N5/c1-3-9-10(13-4-2)14-7-15-11(9)16-6-5-12-8-16/h5-8H,3-4H2,1-2H3,(H,13,14,15). The first-order valence-corrected chi connectivity index (χ1v) is 5.42. The van der Waals surface area contributed by atoms with Crippen molar-refractivity contribution < 1.29 is 0 Å². The summed E-state index contributed by atoms with van der Waals surface area (Å²) in [7, 11) is 0. The SMILES string of the molecule is CCNc1ncnc(-n2ccnc2)c1CC. The fraction of sp³-hybridized carbons (Fsp3) is 0.364. The van der Waals surface area contributed by atoms with Crippen LogP contribution in [0, 0.1) is 0 Å². The van der Waals surface area contributed by atoms with E-state index in [1.165, 1.54) is 0 Å². The number of aromatic nitrogens is 4. The van der Waals surface area contributed by atoms with Gasteiger partial charge in [-0.1, -0.05) is 6.92 Å². The lowest BCUT2D eigenvalue weighted by atomic mass is 10.2. The van der Waals surface area contributed by atoms with Crippen molar-refractivity contribution in [3.63, 3.8) is 0 Å². The molecule has 0 spiro atoms. The van der Waals surface area contributed by atoms with Gasteiger partial charge in [0.15, 0.2) is 0 Å². The summed E-state index contributed by atoms with van der Waals surface area (Å²) >= 11 is 0. The van der Waals surface area contributed by atoms with Crippen molar-refractivity contribution in [2.24, 2.45) is 0 Å². The van der Waals surface area contributed by atoms with Gasteiger partial charge in [-0.25, -0.2) is 15.0 Å². The molecule has 0 aliphatic heterocycles. The monoisotopic (exact) mass is 217 g/mol. The lowest BCUT2D eigenvalue weighted by molar-refractivity contribution is 0.918. The molecule has 1 N–H and O–H groups in total. The van der Waals surface area contributed by atoms with Gasteiger partial charge in [0.05, 0.1) is 0 Å². The molecular weight excluding hydrogens is 202 g/mol. The molecule has 2 aromatic rings. The van der Waals surface area contributed by atoms with E-state index in [4.69, 9.17) is 0 Å². The van der Waals surface area contributed by atoms with Crippen LogP contribution in [-0.4, -0.2) is 26.1 Å². The zero-order valence-electron chi connectivity index (χ0n) is 9.51. The first-order chi connectivity index (χ1) is 7.86. The number of imidazole rings is 1. The maximum atomic E-state index is 4.31. The minimum atomic E-state index is 0.855. The number of anilines is 1. The van der Waals surface area contributed by atoms with Crippen molar-refractivity contribution in [3.8, 4) is 5.82 Å². The molecule has 0 radical (unpaired) electrons. The Kier molecular flexibility index (Phi) is 3.14. The molecule has 0 aliphatic carbocycles. The van der Waals surface area contributed by atoms with E-state index in [2.05, 4.69) is 34.1 Å². The van der Waals surface area contributed by atoms with E-state index in [1.807, 2.05) is 10.8 Å². The predicted octanol–water partition coefficient (Wildman–Crippen LogP) is 1.66. The Morgan fingerprint density at radius 1 is 1.31 bits per heavy atom. The topological polar surface area (TPSA) is 55.6 Å². The third kappa shape index (κ3) is 1.88. The molecule has 5 nitrogen and oxygen atoms in total. The van der Waals surface area contributed by atoms with Crippen LogP contribution in [0.25, 0.3) is 5.82 Å². The van der Waals surface area contributed by atoms with Crippen LogP contribution in [0.2, 0.25) is 0 Å². The summed E-state index contributed by atoms with van der Waals surface area (Å²) in [5.41, 5.74) is 1.11. The summed E-state index contributed by atoms with van der Waals surface area (Å²) in [6.07, 6.45) is 7.84. The normalized spacial score (nSPS) is 10.4. The van der Waals surface area contributed by atoms with Crippen molar-refractivity contribution in [1.82, 2.24) is 19.5 Å². The summed E-state index contributed by atoms with van der Waals surface area (Å²) in [5.74, 6) is 1.80. The van der Waals surface area contributed by atoms with Crippen molar-refractivity contribution >= 4 is 5.82 Å². The molecule has 16 heavy (non-hydrogen) atoms. The van der Waals surface area contributed by atoms with E-state index in [0.29, 0.717) is 0 Å². The molecule has 0 aliphatic rings. The van der Waals surface area contributed by atoms with Crippen LogP contribution in [0.5, 0.6) is 0 Å². The average Bonchev–Trinajstić information content (AvgIpc) is 2.82. The Balaban J connectivity index is 2.49. The van der Waals surface area contributed by atoms with Crippen LogP contribution >= 0.6 is 0 Å². The van der Waals surface area contributed by atoms with Crippen LogP contribution < -0.4 is 5.32 Å². The zero-order valence-corrected chi connectivity index (χ0v) is 9.51. The number of hydrogen-bond donors (Lipinski definition) is 1. The minimum absolute atomic E-state index is 0.855. The second-order valence-electron chi connectivity index (χ2n) is 3.38. The van der Waals surface area contributed by atoms with E-state index < -0.39 is 0 Å². The zero-order chi connectivity index (χ0) is 11.4. The Hall–Kier alpha value is -1.91. The number of rotatable bonds is 4. The Labute approximate surface area is 94.6 Å². The second kappa shape index (κ2) is 4.74. The lowest BCUT2D eigenvalue weighted by Crippen LogP contribution is -2.08. The summed E-state index contributed by atoms with van der Waals surface area (Å²) in [6, 6.07) is 0. The number of nitrogens with zero attached hydrogens (tertiary/aromatic N) is 4. The first-order valence-electron chi connectivity index (χ1n) is 5.42. The maximum Gasteiger partial charge on any atom is 0.146 e. The van der Waals surface area contributed by atoms with Gasteiger partial charge in [-0.3, -0.25) is 4.57 Å². The molecule has 84 valence electrons. The highest BCUT2D eigenvalue weighted by Crippen LogP contribution is 2.18. The van der Waals surface area contributed by atoms with Gasteiger partial charge in [-0.2, -0.15) is 0 Å². The molecule has 2 aromatic heterocycles. The molecule has 0 fully saturated rings. The summed E-state index contributed by atoms with van der Waals surface area (Å²) in [5, 5.41) is 3.24. The van der Waals surface area contributed by atoms with Crippen molar-refractivity contribution in [3.05, 3.63) is 30.6 Å². The molecular formula is C11H15N5. The highest BCUT2D eigenvalue weighted by atomic mass is 15.1. The maximum absolute atomic E-state index is 4.31. The number of nitrogens with one attached hydrogen (secondary N) is 1. The molecule has 0 atom stereocenters. The molecule has 0 bridgehead atoms. The van der Waals surface area contributed by atoms with Crippen molar-refractivity contribution in [2.75, 3.05) is 11.9 Å². The fourth-order valence-electron chi connectivity index (χ4n) is 1.66. The molecule has 0 saturated heterocycles. The Bertz CT molecular complexity index is 449. The third-order valence-corrected chi connectivity index (χ3v) is 2.37. The van der Waals surface area contributed by atoms with E-state index in [1.54, 1.807) is 18.9 Å². The quantitative estimate of drug-likeness (QED) is 0.846. The molecule has 0 aromatic carbocycles. The molecule has 2 rings (SSSR count). The van der Waals surface area contributed by atoms with Crippen LogP contribution in [0.3, 0.4) is 0 Å². The van der Waals surface area contributed by atoms with Crippen LogP contribution in [-0.2, 0) is 6.42 Å². The van der Waals surface area contributed by atoms with Gasteiger partial charge in [0.1, 0.15) is 24.3 Å². The summed E-state index contributed by atoms with van der Waals surface area (Å²) in [6.45, 7) is 5.01. The van der Waals surface area contributed by atoms with Gasteiger partial charge in [0.2, 0.25) is 0 Å². The van der Waals surface area contributed by atoms with Crippen LogP contribution in [0.1, 0.15) is 19.4 Å². The van der Waals surface area contributed by atoms with Gasteiger partial charge in [0, 0.05) is 24.5 Å². The van der Waals surface area contributed by atoms with Gasteiger partial charge in [-0.05, 0) is 13.3 Å². The molecule has 5 heteroatoms. The number of hydrogen-bond acceptors (Lipinski definition) is 4. The van der Waals surface area contributed by atoms with Gasteiger partial charge in [0.25, 0.3) is 0 Å². The third-order valence-electron chi connectivity index (χ3n) is 2.37. The van der Waals surface area contributed by atoms with Crippen LogP contribution in [0.15, 0.2) is 25.0 Å². The molecule has 0 unspecified atom stereocenters. The molecule has 0 saturated carbocycles. The fourth-order valence-corrected chi connectivity index (χ4v) is 1.66. The second-order valence-corrected chi connectivity index (χ2v) is 3.38. The van der Waals surface area contributed by atoms with E-state index >= 15 is 0 Å². The lowest BCUT2D eigenvalue weighted by Gasteiger charge is -2.12. The Morgan fingerprint density at radius 3 is 2.81 bits per heavy atom. The largest absolute Gasteiger partial charge is 0.370 e. The van der Waals surface area contributed by atoms with E-state index in [0.717, 1.165) is 30.2 Å². The molecule has 2 heterocycles. The first kappa shape index (κ1) is 10.6. The summed E-state index contributed by atoms with van der Waals surface area (Å²) < 4.78 is 1.90. The highest BCUT2D eigenvalue weighted by Gasteiger charge is 2.09. The van der Waals surface area contributed by atoms with E-state index in [-0.39, 0.29) is 0 Å². The highest BCUT2D eigenvalue weighted by molar-refractivity contribution is 5.51.